The number of hydrogen-bond acceptors (Lipinski definition) is 0. The number of hydrogen-bond donors (Lipinski definition) is 0. The van der Waals surface area contributed by atoms with Crippen molar-refractivity contribution in [1.82, 2.24) is 9.13 Å². The molecule has 7 aromatic rings. The molecule has 0 N–H and O–H groups in total. The molecule has 1 atom stereocenters. The minimum absolute atomic E-state index is 0.0522. The van der Waals surface area contributed by atoms with Gasteiger partial charge < -0.3 is 9.13 Å². The van der Waals surface area contributed by atoms with E-state index in [0.717, 1.165) is 12.8 Å². The fraction of sp³-hybridized carbons (Fsp3) is 0.346. The molecule has 0 amide bonds. The van der Waals surface area contributed by atoms with Crippen LogP contribution in [-0.4, -0.2) is 23.9 Å². The summed E-state index contributed by atoms with van der Waals surface area (Å²) in [4.78, 5) is 0. The minimum atomic E-state index is -2.17. The minimum Gasteiger partial charge on any atom is -0.313 e. The van der Waals surface area contributed by atoms with Crippen molar-refractivity contribution in [2.75, 3.05) is 0 Å². The molecule has 0 saturated carbocycles. The largest absolute Gasteiger partial charge is 0.313 e. The van der Waals surface area contributed by atoms with Crippen molar-refractivity contribution in [2.24, 2.45) is 0 Å². The smallest absolute Gasteiger partial charge is 0.241 e. The molecule has 4 heterocycles. The van der Waals surface area contributed by atoms with Gasteiger partial charge in [-0.2, -0.15) is 0 Å². The van der Waals surface area contributed by atoms with Crippen molar-refractivity contribution in [1.29, 1.82) is 0 Å². The van der Waals surface area contributed by atoms with Gasteiger partial charge in [0.2, 0.25) is 6.71 Å². The summed E-state index contributed by atoms with van der Waals surface area (Å²) >= 11 is 0. The molecular weight excluding hydrogens is 691 g/mol. The predicted molar refractivity (Wildman–Crippen MR) is 243 cm³/mol. The van der Waals surface area contributed by atoms with Crippen LogP contribution < -0.4 is 26.8 Å². The van der Waals surface area contributed by atoms with Crippen molar-refractivity contribution < 1.29 is 0 Å². The van der Waals surface area contributed by atoms with Crippen molar-refractivity contribution >= 4 is 63.4 Å². The molecule has 0 bridgehead atoms. The summed E-state index contributed by atoms with van der Waals surface area (Å²) in [5.74, 6) is 0. The molecule has 280 valence electrons. The molecule has 0 spiro atoms. The number of para-hydroxylation sites is 2. The summed E-state index contributed by atoms with van der Waals surface area (Å²) in [5, 5.41) is 6.23. The normalized spacial score (nSPS) is 19.4. The third-order valence-corrected chi connectivity index (χ3v) is 19.8. The summed E-state index contributed by atoms with van der Waals surface area (Å²) in [7, 11) is -2.17. The van der Waals surface area contributed by atoms with Crippen LogP contribution >= 0.6 is 0 Å². The summed E-state index contributed by atoms with van der Waals surface area (Å²) in [6.07, 6.45) is 9.84. The zero-order valence-corrected chi connectivity index (χ0v) is 35.6. The fourth-order valence-corrected chi connectivity index (χ4v) is 15.7. The summed E-state index contributed by atoms with van der Waals surface area (Å²) in [6, 6.07) is 40.3. The zero-order chi connectivity index (χ0) is 38.3. The van der Waals surface area contributed by atoms with Crippen LogP contribution in [0, 0.1) is 0 Å². The van der Waals surface area contributed by atoms with E-state index in [2.05, 4.69) is 154 Å². The van der Waals surface area contributed by atoms with E-state index in [0.29, 0.717) is 0 Å². The molecule has 2 nitrogen and oxygen atoms in total. The third kappa shape index (κ3) is 4.63. The standard InChI is InChI=1S/C52H55BN2Si/c1-8-56(7)48-32-35(55-46-23-15-11-19-38(46)39-20-12-16-24-47(39)55)26-28-43(48)53-42-27-25-34(54-44-21-13-9-17-36(44)37-18-10-14-22-45(37)54)31-40(42)52(5,6)41-29-33(51(2,3)4)30-49(56)50(41)53/h9,11,13,15,17,19,21,23,25-32H,8,10,12,14,16,18,20,22,24H2,1-7H3. The average Bonchev–Trinajstić information content (AvgIpc) is 3.73. The Balaban J connectivity index is 1.18. The van der Waals surface area contributed by atoms with Crippen LogP contribution in [0.1, 0.15) is 106 Å². The van der Waals surface area contributed by atoms with Gasteiger partial charge in [-0.25, -0.2) is 0 Å². The first-order chi connectivity index (χ1) is 27.0. The molecule has 0 saturated heterocycles. The van der Waals surface area contributed by atoms with E-state index < -0.39 is 8.07 Å². The summed E-state index contributed by atoms with van der Waals surface area (Å²) < 4.78 is 5.30. The highest BCUT2D eigenvalue weighted by atomic mass is 28.3. The third-order valence-electron chi connectivity index (χ3n) is 15.1. The molecule has 56 heavy (non-hydrogen) atoms. The van der Waals surface area contributed by atoms with Gasteiger partial charge in [-0.3, -0.25) is 0 Å². The second-order valence-electron chi connectivity index (χ2n) is 19.5. The van der Waals surface area contributed by atoms with Gasteiger partial charge in [-0.15, -0.1) is 0 Å². The lowest BCUT2D eigenvalue weighted by Gasteiger charge is -2.48. The van der Waals surface area contributed by atoms with Crippen LogP contribution in [0.5, 0.6) is 0 Å². The van der Waals surface area contributed by atoms with E-state index in [4.69, 9.17) is 0 Å². The predicted octanol–water partition coefficient (Wildman–Crippen LogP) is 9.31. The Morgan fingerprint density at radius 2 is 1.18 bits per heavy atom. The Bertz CT molecular complexity index is 2790. The van der Waals surface area contributed by atoms with Gasteiger partial charge in [0, 0.05) is 39.0 Å². The zero-order valence-electron chi connectivity index (χ0n) is 34.6. The lowest BCUT2D eigenvalue weighted by atomic mass is 9.31. The second kappa shape index (κ2) is 12.0. The van der Waals surface area contributed by atoms with Crippen LogP contribution in [0.25, 0.3) is 33.2 Å². The van der Waals surface area contributed by atoms with E-state index in [1.807, 2.05) is 0 Å². The molecular formula is C52H55BN2Si. The van der Waals surface area contributed by atoms with E-state index in [1.165, 1.54) is 100 Å². The van der Waals surface area contributed by atoms with Gasteiger partial charge in [-0.05, 0) is 121 Å². The average molecular weight is 747 g/mol. The van der Waals surface area contributed by atoms with Crippen LogP contribution in [0.3, 0.4) is 0 Å². The maximum atomic E-state index is 2.70. The number of fused-ring (bicyclic) bond motifs is 10. The van der Waals surface area contributed by atoms with E-state index in [1.54, 1.807) is 43.7 Å². The van der Waals surface area contributed by atoms with Gasteiger partial charge in [-0.1, -0.05) is 142 Å². The molecule has 0 fully saturated rings. The first-order valence-electron chi connectivity index (χ1n) is 21.7. The maximum Gasteiger partial charge on any atom is 0.241 e. The monoisotopic (exact) mass is 746 g/mol. The SMILES string of the molecule is CC[Si]1(C)c2cc(-n3c4c(c5ccccc53)CCCC4)ccc2B2c3ccc(-n4c5c(c6ccccc64)CCCC5)cc3C(C)(C)c3cc(C(C)(C)C)cc1c32. The highest BCUT2D eigenvalue weighted by molar-refractivity contribution is 7.14. The second-order valence-corrected chi connectivity index (χ2v) is 23.9. The van der Waals surface area contributed by atoms with Crippen molar-refractivity contribution in [3.63, 3.8) is 0 Å². The van der Waals surface area contributed by atoms with Gasteiger partial charge in [0.15, 0.2) is 0 Å². The number of nitrogens with zero attached hydrogens (tertiary/aromatic N) is 2. The summed E-state index contributed by atoms with van der Waals surface area (Å²) in [6.45, 7) is 17.7. The first kappa shape index (κ1) is 34.7. The van der Waals surface area contributed by atoms with Crippen molar-refractivity contribution in [3.8, 4) is 11.4 Å². The lowest BCUT2D eigenvalue weighted by molar-refractivity contribution is 0.583. The molecule has 4 aliphatic rings. The Morgan fingerprint density at radius 3 is 1.77 bits per heavy atom. The van der Waals surface area contributed by atoms with Crippen LogP contribution in [0.2, 0.25) is 12.6 Å². The molecule has 2 aliphatic heterocycles. The van der Waals surface area contributed by atoms with Crippen molar-refractivity contribution in [3.05, 3.63) is 136 Å². The van der Waals surface area contributed by atoms with Gasteiger partial charge in [0.1, 0.15) is 8.07 Å². The summed E-state index contributed by atoms with van der Waals surface area (Å²) in [5.41, 5.74) is 20.8. The molecule has 2 aromatic heterocycles. The van der Waals surface area contributed by atoms with Gasteiger partial charge >= 0.3 is 0 Å². The first-order valence-corrected chi connectivity index (χ1v) is 24.4. The lowest BCUT2D eigenvalue weighted by Crippen LogP contribution is -2.80. The Kier molecular flexibility index (Phi) is 7.43. The van der Waals surface area contributed by atoms with E-state index in [-0.39, 0.29) is 17.5 Å². The Hall–Kier alpha value is -4.54. The molecule has 5 aromatic carbocycles. The fourth-order valence-electron chi connectivity index (χ4n) is 12.0. The van der Waals surface area contributed by atoms with Gasteiger partial charge in [0.25, 0.3) is 0 Å². The molecule has 2 aliphatic carbocycles. The highest BCUT2D eigenvalue weighted by Crippen LogP contribution is 2.41. The quantitative estimate of drug-likeness (QED) is 0.160. The van der Waals surface area contributed by atoms with Crippen LogP contribution in [0.15, 0.2) is 97.1 Å². The molecule has 0 radical (unpaired) electrons. The molecule has 11 rings (SSSR count). The molecule has 1 unspecified atom stereocenters. The topological polar surface area (TPSA) is 9.86 Å². The highest BCUT2D eigenvalue weighted by Gasteiger charge is 2.50. The Labute approximate surface area is 335 Å². The van der Waals surface area contributed by atoms with E-state index >= 15 is 0 Å². The maximum absolute atomic E-state index is 2.70. The molecule has 4 heteroatoms. The number of benzene rings is 5. The van der Waals surface area contributed by atoms with E-state index in [9.17, 15) is 0 Å². The number of rotatable bonds is 3. The van der Waals surface area contributed by atoms with Crippen LogP contribution in [-0.2, 0) is 36.5 Å². The number of aromatic nitrogens is 2. The van der Waals surface area contributed by atoms with Crippen molar-refractivity contribution in [2.45, 2.75) is 116 Å². The van der Waals surface area contributed by atoms with Gasteiger partial charge in [0.05, 0.1) is 11.0 Å². The van der Waals surface area contributed by atoms with Crippen LogP contribution in [0.4, 0.5) is 0 Å². The Morgan fingerprint density at radius 1 is 0.625 bits per heavy atom. The number of aryl methyl sites for hydroxylation is 2.